The molecule has 1 aliphatic heterocycles. The number of halogens is 2. The molecular formula is C14H16Cl2N2O3. The van der Waals surface area contributed by atoms with Gasteiger partial charge < -0.3 is 14.5 Å². The number of ether oxygens (including phenoxy) is 1. The number of carbonyl (C=O) groups is 2. The average Bonchev–Trinajstić information content (AvgIpc) is 2.50. The topological polar surface area (TPSA) is 49.9 Å². The number of rotatable bonds is 3. The number of methoxy groups -OCH3 is 1. The molecule has 1 aliphatic rings. The van der Waals surface area contributed by atoms with E-state index >= 15 is 0 Å². The van der Waals surface area contributed by atoms with Crippen molar-refractivity contribution in [3.63, 3.8) is 0 Å². The van der Waals surface area contributed by atoms with Gasteiger partial charge in [0.25, 0.3) is 0 Å². The van der Waals surface area contributed by atoms with E-state index in [9.17, 15) is 9.59 Å². The summed E-state index contributed by atoms with van der Waals surface area (Å²) in [6, 6.07) is 5.49. The van der Waals surface area contributed by atoms with Crippen molar-refractivity contribution in [3.05, 3.63) is 28.2 Å². The molecule has 0 atom stereocenters. The van der Waals surface area contributed by atoms with E-state index in [1.165, 1.54) is 7.11 Å². The van der Waals surface area contributed by atoms with Gasteiger partial charge in [-0.2, -0.15) is 0 Å². The maximum atomic E-state index is 11.9. The molecule has 0 spiro atoms. The Morgan fingerprint density at radius 2 is 1.86 bits per heavy atom. The van der Waals surface area contributed by atoms with E-state index < -0.39 is 5.97 Å². The van der Waals surface area contributed by atoms with Crippen molar-refractivity contribution in [3.8, 4) is 0 Å². The molecule has 0 aromatic heterocycles. The van der Waals surface area contributed by atoms with Crippen molar-refractivity contribution in [2.24, 2.45) is 0 Å². The Bertz CT molecular complexity index is 543. The van der Waals surface area contributed by atoms with Crippen molar-refractivity contribution in [2.45, 2.75) is 6.42 Å². The Morgan fingerprint density at radius 1 is 1.19 bits per heavy atom. The van der Waals surface area contributed by atoms with Crippen LogP contribution in [0.1, 0.15) is 6.42 Å². The summed E-state index contributed by atoms with van der Waals surface area (Å²) in [7, 11) is 1.27. The van der Waals surface area contributed by atoms with E-state index in [-0.39, 0.29) is 12.3 Å². The molecule has 1 heterocycles. The summed E-state index contributed by atoms with van der Waals surface area (Å²) in [6.07, 6.45) is -0.214. The van der Waals surface area contributed by atoms with Gasteiger partial charge >= 0.3 is 5.97 Å². The molecular weight excluding hydrogens is 315 g/mol. The Hall–Kier alpha value is -1.46. The van der Waals surface area contributed by atoms with Gasteiger partial charge in [-0.05, 0) is 12.1 Å². The third kappa shape index (κ3) is 3.80. The molecule has 7 heteroatoms. The van der Waals surface area contributed by atoms with Crippen LogP contribution in [0.25, 0.3) is 0 Å². The van der Waals surface area contributed by atoms with E-state index in [0.717, 1.165) is 5.69 Å². The van der Waals surface area contributed by atoms with E-state index in [2.05, 4.69) is 9.64 Å². The van der Waals surface area contributed by atoms with Gasteiger partial charge in [-0.1, -0.05) is 29.3 Å². The number of nitrogens with zero attached hydrogens (tertiary/aromatic N) is 2. The lowest BCUT2D eigenvalue weighted by Gasteiger charge is -2.36. The summed E-state index contributed by atoms with van der Waals surface area (Å²) < 4.78 is 4.50. The smallest absolute Gasteiger partial charge is 0.315 e. The third-order valence-corrected chi connectivity index (χ3v) is 4.24. The van der Waals surface area contributed by atoms with Crippen molar-refractivity contribution >= 4 is 40.8 Å². The van der Waals surface area contributed by atoms with Gasteiger partial charge in [0.05, 0.1) is 22.8 Å². The molecule has 0 aliphatic carbocycles. The van der Waals surface area contributed by atoms with Crippen LogP contribution >= 0.6 is 23.2 Å². The Labute approximate surface area is 133 Å². The van der Waals surface area contributed by atoms with E-state index in [1.54, 1.807) is 11.0 Å². The van der Waals surface area contributed by atoms with Crippen molar-refractivity contribution in [1.82, 2.24) is 4.90 Å². The zero-order chi connectivity index (χ0) is 15.4. The van der Waals surface area contributed by atoms with Gasteiger partial charge in [-0.15, -0.1) is 0 Å². The standard InChI is InChI=1S/C14H16Cl2N2O3/c1-21-13(20)9-12(19)18-7-5-17(6-8-18)11-4-2-3-10(15)14(11)16/h2-4H,5-9H2,1H3. The highest BCUT2D eigenvalue weighted by Crippen LogP contribution is 2.32. The highest BCUT2D eigenvalue weighted by Gasteiger charge is 2.24. The molecule has 1 aromatic carbocycles. The molecule has 5 nitrogen and oxygen atoms in total. The lowest BCUT2D eigenvalue weighted by atomic mass is 10.2. The van der Waals surface area contributed by atoms with Crippen LogP contribution in [-0.4, -0.2) is 50.1 Å². The molecule has 1 fully saturated rings. The van der Waals surface area contributed by atoms with Gasteiger partial charge in [-0.3, -0.25) is 9.59 Å². The number of esters is 1. The third-order valence-electron chi connectivity index (χ3n) is 3.43. The molecule has 0 bridgehead atoms. The summed E-state index contributed by atoms with van der Waals surface area (Å²) in [5, 5.41) is 1.03. The summed E-state index contributed by atoms with van der Waals surface area (Å²) in [5.41, 5.74) is 0.865. The average molecular weight is 331 g/mol. The van der Waals surface area contributed by atoms with Crippen molar-refractivity contribution in [1.29, 1.82) is 0 Å². The SMILES string of the molecule is COC(=O)CC(=O)N1CCN(c2cccc(Cl)c2Cl)CC1. The molecule has 1 saturated heterocycles. The van der Waals surface area contributed by atoms with Crippen molar-refractivity contribution < 1.29 is 14.3 Å². The number of benzene rings is 1. The minimum atomic E-state index is -0.514. The zero-order valence-electron chi connectivity index (χ0n) is 11.6. The normalized spacial score (nSPS) is 15.0. The number of hydrogen-bond acceptors (Lipinski definition) is 4. The first-order chi connectivity index (χ1) is 10.0. The number of hydrogen-bond donors (Lipinski definition) is 0. The fourth-order valence-electron chi connectivity index (χ4n) is 2.24. The summed E-state index contributed by atoms with van der Waals surface area (Å²) in [6.45, 7) is 2.37. The zero-order valence-corrected chi connectivity index (χ0v) is 13.2. The van der Waals surface area contributed by atoms with Crippen LogP contribution < -0.4 is 4.90 Å². The maximum Gasteiger partial charge on any atom is 0.315 e. The Morgan fingerprint density at radius 3 is 2.48 bits per heavy atom. The van der Waals surface area contributed by atoms with Crippen LogP contribution in [0.5, 0.6) is 0 Å². The van der Waals surface area contributed by atoms with Crippen LogP contribution in [0.3, 0.4) is 0 Å². The first-order valence-corrected chi connectivity index (χ1v) is 7.32. The van der Waals surface area contributed by atoms with Gasteiger partial charge in [0, 0.05) is 26.2 Å². The van der Waals surface area contributed by atoms with E-state index in [0.29, 0.717) is 36.2 Å². The molecule has 0 saturated carbocycles. The predicted molar refractivity (Wildman–Crippen MR) is 81.9 cm³/mol. The number of piperazine rings is 1. The fourth-order valence-corrected chi connectivity index (χ4v) is 2.66. The molecule has 1 aromatic rings. The molecule has 0 N–H and O–H groups in total. The molecule has 2 rings (SSSR count). The minimum absolute atomic E-state index is 0.210. The monoisotopic (exact) mass is 330 g/mol. The van der Waals surface area contributed by atoms with Gasteiger partial charge in [0.2, 0.25) is 5.91 Å². The first-order valence-electron chi connectivity index (χ1n) is 6.56. The van der Waals surface area contributed by atoms with Crippen molar-refractivity contribution in [2.75, 3.05) is 38.2 Å². The van der Waals surface area contributed by atoms with E-state index in [1.807, 2.05) is 12.1 Å². The van der Waals surface area contributed by atoms with Gasteiger partial charge in [-0.25, -0.2) is 0 Å². The maximum absolute atomic E-state index is 11.9. The largest absolute Gasteiger partial charge is 0.469 e. The highest BCUT2D eigenvalue weighted by molar-refractivity contribution is 6.43. The van der Waals surface area contributed by atoms with Crippen LogP contribution in [0.4, 0.5) is 5.69 Å². The van der Waals surface area contributed by atoms with Crippen LogP contribution in [0.15, 0.2) is 18.2 Å². The summed E-state index contributed by atoms with van der Waals surface area (Å²) in [4.78, 5) is 26.7. The summed E-state index contributed by atoms with van der Waals surface area (Å²) in [5.74, 6) is -0.723. The number of amides is 1. The number of anilines is 1. The highest BCUT2D eigenvalue weighted by atomic mass is 35.5. The molecule has 1 amide bonds. The Balaban J connectivity index is 1.95. The Kier molecular flexibility index (Phi) is 5.31. The number of carbonyl (C=O) groups excluding carboxylic acids is 2. The first kappa shape index (κ1) is 15.9. The summed E-state index contributed by atoms with van der Waals surface area (Å²) >= 11 is 12.2. The molecule has 21 heavy (non-hydrogen) atoms. The second kappa shape index (κ2) is 7.00. The fraction of sp³-hybridized carbons (Fsp3) is 0.429. The lowest BCUT2D eigenvalue weighted by Crippen LogP contribution is -2.49. The predicted octanol–water partition coefficient (Wildman–Crippen LogP) is 2.21. The van der Waals surface area contributed by atoms with Crippen LogP contribution in [0, 0.1) is 0 Å². The van der Waals surface area contributed by atoms with Crippen LogP contribution in [0.2, 0.25) is 10.0 Å². The van der Waals surface area contributed by atoms with Gasteiger partial charge in [0.1, 0.15) is 6.42 Å². The van der Waals surface area contributed by atoms with Gasteiger partial charge in [0.15, 0.2) is 0 Å². The minimum Gasteiger partial charge on any atom is -0.469 e. The second-order valence-corrected chi connectivity index (χ2v) is 5.48. The second-order valence-electron chi connectivity index (χ2n) is 4.69. The molecule has 0 unspecified atom stereocenters. The molecule has 0 radical (unpaired) electrons. The van der Waals surface area contributed by atoms with Crippen LogP contribution in [-0.2, 0) is 14.3 Å². The molecule has 114 valence electrons. The lowest BCUT2D eigenvalue weighted by molar-refractivity contribution is -0.146. The van der Waals surface area contributed by atoms with E-state index in [4.69, 9.17) is 23.2 Å². The quantitative estimate of drug-likeness (QED) is 0.629.